The standard InChI is InChI=1S/C17H22N4O2/c1-3-4-9-19-17(23)13-7-8-14(22)21(12-5-6-12)15(13)16-18-10-11-20(16)2/h10-13,15H,5-9H2,1-2H3,(H,19,23)/t13-,15-/m0/s1. The summed E-state index contributed by atoms with van der Waals surface area (Å²) in [5, 5.41) is 2.87. The van der Waals surface area contributed by atoms with Crippen LogP contribution >= 0.6 is 0 Å². The Balaban J connectivity index is 1.89. The molecule has 1 aliphatic heterocycles. The molecule has 0 radical (unpaired) electrons. The van der Waals surface area contributed by atoms with Crippen molar-refractivity contribution in [2.45, 2.75) is 44.7 Å². The summed E-state index contributed by atoms with van der Waals surface area (Å²) in [5.74, 6) is 6.23. The molecule has 1 N–H and O–H groups in total. The predicted molar refractivity (Wildman–Crippen MR) is 85.0 cm³/mol. The highest BCUT2D eigenvalue weighted by molar-refractivity contribution is 5.85. The van der Waals surface area contributed by atoms with Crippen LogP contribution in [0.15, 0.2) is 12.4 Å². The van der Waals surface area contributed by atoms with Gasteiger partial charge in [0.1, 0.15) is 11.9 Å². The summed E-state index contributed by atoms with van der Waals surface area (Å²) in [4.78, 5) is 31.4. The summed E-state index contributed by atoms with van der Waals surface area (Å²) in [7, 11) is 1.91. The number of aryl methyl sites for hydroxylation is 1. The van der Waals surface area contributed by atoms with Crippen LogP contribution in [-0.2, 0) is 16.6 Å². The number of amides is 2. The number of rotatable bonds is 4. The third-order valence-electron chi connectivity index (χ3n) is 4.57. The van der Waals surface area contributed by atoms with E-state index in [1.807, 2.05) is 22.7 Å². The predicted octanol–water partition coefficient (Wildman–Crippen LogP) is 1.00. The molecule has 6 heteroatoms. The Kier molecular flexibility index (Phi) is 4.37. The van der Waals surface area contributed by atoms with Gasteiger partial charge in [-0.15, -0.1) is 5.92 Å². The van der Waals surface area contributed by atoms with Crippen molar-refractivity contribution in [1.29, 1.82) is 0 Å². The maximum atomic E-state index is 12.6. The molecule has 1 saturated heterocycles. The second-order valence-corrected chi connectivity index (χ2v) is 6.16. The van der Waals surface area contributed by atoms with E-state index in [1.54, 1.807) is 13.1 Å². The van der Waals surface area contributed by atoms with Crippen LogP contribution in [0.5, 0.6) is 0 Å². The molecule has 1 aliphatic carbocycles. The van der Waals surface area contributed by atoms with Crippen molar-refractivity contribution in [3.8, 4) is 11.8 Å². The number of carbonyl (C=O) groups is 2. The van der Waals surface area contributed by atoms with Crippen molar-refractivity contribution in [1.82, 2.24) is 19.8 Å². The lowest BCUT2D eigenvalue weighted by Crippen LogP contribution is -2.49. The molecule has 1 saturated carbocycles. The van der Waals surface area contributed by atoms with Gasteiger partial charge in [0.15, 0.2) is 0 Å². The van der Waals surface area contributed by atoms with Crippen molar-refractivity contribution in [3.63, 3.8) is 0 Å². The first-order valence-corrected chi connectivity index (χ1v) is 8.09. The Morgan fingerprint density at radius 3 is 2.83 bits per heavy atom. The van der Waals surface area contributed by atoms with Gasteiger partial charge in [-0.25, -0.2) is 4.98 Å². The highest BCUT2D eigenvalue weighted by Crippen LogP contribution is 2.42. The van der Waals surface area contributed by atoms with Gasteiger partial charge in [-0.2, -0.15) is 0 Å². The Morgan fingerprint density at radius 2 is 2.22 bits per heavy atom. The van der Waals surface area contributed by atoms with E-state index in [2.05, 4.69) is 22.1 Å². The summed E-state index contributed by atoms with van der Waals surface area (Å²) in [6.07, 6.45) is 6.60. The van der Waals surface area contributed by atoms with E-state index in [0.29, 0.717) is 19.4 Å². The van der Waals surface area contributed by atoms with Crippen LogP contribution in [0, 0.1) is 17.8 Å². The van der Waals surface area contributed by atoms with Crippen molar-refractivity contribution < 1.29 is 9.59 Å². The zero-order chi connectivity index (χ0) is 16.4. The van der Waals surface area contributed by atoms with Crippen LogP contribution in [0.2, 0.25) is 0 Å². The lowest BCUT2D eigenvalue weighted by atomic mass is 9.87. The maximum absolute atomic E-state index is 12.6. The summed E-state index contributed by atoms with van der Waals surface area (Å²) in [6, 6.07) is -0.0198. The van der Waals surface area contributed by atoms with Gasteiger partial charge in [0.25, 0.3) is 0 Å². The smallest absolute Gasteiger partial charge is 0.226 e. The minimum atomic E-state index is -0.279. The third-order valence-corrected chi connectivity index (χ3v) is 4.57. The zero-order valence-corrected chi connectivity index (χ0v) is 13.6. The number of hydrogen-bond acceptors (Lipinski definition) is 3. The SMILES string of the molecule is CC#CCNC(=O)[C@H]1CCC(=O)N(C2CC2)[C@@H]1c1nccn1C. The molecule has 122 valence electrons. The lowest BCUT2D eigenvalue weighted by molar-refractivity contribution is -0.144. The van der Waals surface area contributed by atoms with Crippen LogP contribution < -0.4 is 5.32 Å². The zero-order valence-electron chi connectivity index (χ0n) is 13.6. The van der Waals surface area contributed by atoms with Gasteiger partial charge in [0, 0.05) is 31.9 Å². The molecule has 3 rings (SSSR count). The Hall–Kier alpha value is -2.29. The molecular weight excluding hydrogens is 292 g/mol. The minimum Gasteiger partial charge on any atom is -0.345 e. The van der Waals surface area contributed by atoms with Gasteiger partial charge in [0.2, 0.25) is 11.8 Å². The topological polar surface area (TPSA) is 67.2 Å². The normalized spacial score (nSPS) is 24.1. The first kappa shape index (κ1) is 15.6. The average molecular weight is 314 g/mol. The first-order chi connectivity index (χ1) is 11.1. The highest BCUT2D eigenvalue weighted by atomic mass is 16.2. The van der Waals surface area contributed by atoms with Gasteiger partial charge < -0.3 is 14.8 Å². The van der Waals surface area contributed by atoms with Crippen molar-refractivity contribution >= 4 is 11.8 Å². The molecule has 6 nitrogen and oxygen atoms in total. The summed E-state index contributed by atoms with van der Waals surface area (Å²) in [6.45, 7) is 2.09. The van der Waals surface area contributed by atoms with Crippen molar-refractivity contribution in [3.05, 3.63) is 18.2 Å². The minimum absolute atomic E-state index is 0.0427. The number of likely N-dealkylation sites (tertiary alicyclic amines) is 1. The Bertz CT molecular complexity index is 666. The fourth-order valence-corrected chi connectivity index (χ4v) is 3.29. The molecule has 2 heterocycles. The molecule has 0 bridgehead atoms. The second kappa shape index (κ2) is 6.45. The van der Waals surface area contributed by atoms with Crippen LogP contribution in [0.1, 0.15) is 44.5 Å². The van der Waals surface area contributed by atoms with Crippen LogP contribution in [0.3, 0.4) is 0 Å². The van der Waals surface area contributed by atoms with Crippen molar-refractivity contribution in [2.75, 3.05) is 6.54 Å². The largest absolute Gasteiger partial charge is 0.345 e. The lowest BCUT2D eigenvalue weighted by Gasteiger charge is -2.40. The third kappa shape index (κ3) is 3.09. The maximum Gasteiger partial charge on any atom is 0.226 e. The summed E-state index contributed by atoms with van der Waals surface area (Å²) >= 11 is 0. The fourth-order valence-electron chi connectivity index (χ4n) is 3.29. The number of nitrogens with one attached hydrogen (secondary N) is 1. The van der Waals surface area contributed by atoms with Gasteiger partial charge in [-0.3, -0.25) is 9.59 Å². The fraction of sp³-hybridized carbons (Fsp3) is 0.588. The number of hydrogen-bond donors (Lipinski definition) is 1. The molecule has 1 aromatic heterocycles. The summed E-state index contributed by atoms with van der Waals surface area (Å²) in [5.41, 5.74) is 0. The monoisotopic (exact) mass is 314 g/mol. The molecule has 2 aliphatic rings. The molecule has 0 spiro atoms. The second-order valence-electron chi connectivity index (χ2n) is 6.16. The Labute approximate surface area is 136 Å². The number of nitrogens with zero attached hydrogens (tertiary/aromatic N) is 3. The Morgan fingerprint density at radius 1 is 1.43 bits per heavy atom. The molecule has 23 heavy (non-hydrogen) atoms. The molecule has 2 atom stereocenters. The number of carbonyl (C=O) groups excluding carboxylic acids is 2. The van der Waals surface area contributed by atoms with E-state index in [-0.39, 0.29) is 29.8 Å². The van der Waals surface area contributed by atoms with E-state index < -0.39 is 0 Å². The number of aromatic nitrogens is 2. The van der Waals surface area contributed by atoms with Crippen LogP contribution in [-0.4, -0.2) is 38.9 Å². The highest BCUT2D eigenvalue weighted by Gasteiger charge is 2.47. The molecule has 2 fully saturated rings. The number of imidazole rings is 1. The van der Waals surface area contributed by atoms with Crippen LogP contribution in [0.25, 0.3) is 0 Å². The molecule has 0 aromatic carbocycles. The van der Waals surface area contributed by atoms with E-state index in [0.717, 1.165) is 18.7 Å². The first-order valence-electron chi connectivity index (χ1n) is 8.09. The molecule has 2 amide bonds. The van der Waals surface area contributed by atoms with Gasteiger partial charge in [-0.05, 0) is 26.2 Å². The summed E-state index contributed by atoms with van der Waals surface area (Å²) < 4.78 is 1.91. The van der Waals surface area contributed by atoms with E-state index in [4.69, 9.17) is 0 Å². The van der Waals surface area contributed by atoms with E-state index in [1.165, 1.54) is 0 Å². The van der Waals surface area contributed by atoms with Gasteiger partial charge in [0.05, 0.1) is 12.5 Å². The van der Waals surface area contributed by atoms with Gasteiger partial charge in [-0.1, -0.05) is 5.92 Å². The van der Waals surface area contributed by atoms with Crippen LogP contribution in [0.4, 0.5) is 0 Å². The average Bonchev–Trinajstić information content (AvgIpc) is 3.28. The molecule has 0 unspecified atom stereocenters. The number of piperidine rings is 1. The van der Waals surface area contributed by atoms with E-state index >= 15 is 0 Å². The van der Waals surface area contributed by atoms with Gasteiger partial charge >= 0.3 is 0 Å². The van der Waals surface area contributed by atoms with E-state index in [9.17, 15) is 9.59 Å². The van der Waals surface area contributed by atoms with Crippen molar-refractivity contribution in [2.24, 2.45) is 13.0 Å². The molecule has 1 aromatic rings. The quantitative estimate of drug-likeness (QED) is 0.843. The molecular formula is C17H22N4O2.